The van der Waals surface area contributed by atoms with Gasteiger partial charge in [0.25, 0.3) is 0 Å². The van der Waals surface area contributed by atoms with Gasteiger partial charge in [-0.2, -0.15) is 5.26 Å². The van der Waals surface area contributed by atoms with E-state index in [2.05, 4.69) is 13.0 Å². The third-order valence-corrected chi connectivity index (χ3v) is 8.96. The van der Waals surface area contributed by atoms with Gasteiger partial charge in [-0.05, 0) is 87.2 Å². The van der Waals surface area contributed by atoms with Crippen molar-refractivity contribution < 1.29 is 20.1 Å². The summed E-state index contributed by atoms with van der Waals surface area (Å²) in [6.07, 6.45) is 9.51. The van der Waals surface area contributed by atoms with Gasteiger partial charge in [0.2, 0.25) is 0 Å². The number of aliphatic hydroxyl groups excluding tert-OH is 2. The van der Waals surface area contributed by atoms with E-state index in [9.17, 15) is 20.3 Å². The Balaban J connectivity index is 1.50. The van der Waals surface area contributed by atoms with Gasteiger partial charge in [0.1, 0.15) is 4.88 Å². The number of carboxylic acids is 1. The predicted molar refractivity (Wildman–Crippen MR) is 117 cm³/mol. The van der Waals surface area contributed by atoms with Crippen LogP contribution in [-0.4, -0.2) is 33.5 Å². The van der Waals surface area contributed by atoms with Gasteiger partial charge in [0, 0.05) is 4.88 Å². The van der Waals surface area contributed by atoms with Crippen LogP contribution in [-0.2, 0) is 6.42 Å². The van der Waals surface area contributed by atoms with Gasteiger partial charge in [0.15, 0.2) is 0 Å². The highest BCUT2D eigenvalue weighted by Crippen LogP contribution is 2.48. The van der Waals surface area contributed by atoms with Crippen LogP contribution in [0.3, 0.4) is 0 Å². The lowest BCUT2D eigenvalue weighted by atomic mass is 9.62. The Morgan fingerprint density at radius 1 is 1.30 bits per heavy atom. The number of carbonyl (C=O) groups is 1. The van der Waals surface area contributed by atoms with Crippen molar-refractivity contribution in [2.24, 2.45) is 23.2 Å². The Kier molecular flexibility index (Phi) is 7.95. The molecule has 166 valence electrons. The first-order chi connectivity index (χ1) is 14.4. The van der Waals surface area contributed by atoms with E-state index in [1.807, 2.05) is 6.07 Å². The summed E-state index contributed by atoms with van der Waals surface area (Å²) in [6, 6.07) is 5.94. The maximum atomic E-state index is 11.0. The molecule has 0 saturated heterocycles. The van der Waals surface area contributed by atoms with Crippen molar-refractivity contribution in [3.63, 3.8) is 0 Å². The zero-order valence-electron chi connectivity index (χ0n) is 17.9. The van der Waals surface area contributed by atoms with Crippen LogP contribution < -0.4 is 0 Å². The van der Waals surface area contributed by atoms with Crippen molar-refractivity contribution >= 4 is 17.3 Å². The number of hydrogen-bond donors (Lipinski definition) is 3. The molecule has 6 heteroatoms. The number of rotatable bonds is 11. The molecule has 0 amide bonds. The number of thiophene rings is 1. The van der Waals surface area contributed by atoms with Gasteiger partial charge in [-0.25, -0.2) is 4.79 Å². The highest BCUT2D eigenvalue weighted by atomic mass is 32.1. The molecule has 5 atom stereocenters. The van der Waals surface area contributed by atoms with Crippen molar-refractivity contribution in [2.45, 2.75) is 89.8 Å². The van der Waals surface area contributed by atoms with E-state index in [0.717, 1.165) is 62.7 Å². The standard InChI is InChI=1S/C24H35NO4S/c1-2-24(12-5-13-24)22(27)9-4-8-19-18(16(15-25)14-20(19)26)7-3-6-17-10-11-21(30-17)23(28)29/h10-11,16,18-20,22,26-27H,2-9,12-14H2,1H3,(H,28,29)/t16?,18?,19?,20-,22?/m1/s1. The SMILES string of the molecule is CCC1(C(O)CCCC2C(CCCc3ccc(C(=O)O)s3)C(C#N)C[C@H]2O)CCC1. The Labute approximate surface area is 183 Å². The largest absolute Gasteiger partial charge is 0.477 e. The van der Waals surface area contributed by atoms with Crippen LogP contribution >= 0.6 is 11.3 Å². The molecular weight excluding hydrogens is 398 g/mol. The molecule has 5 nitrogen and oxygen atoms in total. The monoisotopic (exact) mass is 433 g/mol. The second-order valence-corrected chi connectivity index (χ2v) is 10.5. The number of carboxylic acid groups (broad SMARTS) is 1. The van der Waals surface area contributed by atoms with E-state index in [0.29, 0.717) is 11.3 Å². The van der Waals surface area contributed by atoms with Crippen molar-refractivity contribution in [1.29, 1.82) is 5.26 Å². The lowest BCUT2D eigenvalue weighted by molar-refractivity contribution is -0.0444. The molecule has 3 rings (SSSR count). The molecule has 0 spiro atoms. The number of nitrogens with zero attached hydrogens (tertiary/aromatic N) is 1. The average molecular weight is 434 g/mol. The number of aromatic carboxylic acids is 1. The molecule has 2 saturated carbocycles. The Hall–Kier alpha value is -1.42. The minimum atomic E-state index is -0.885. The zero-order valence-corrected chi connectivity index (χ0v) is 18.7. The first kappa shape index (κ1) is 23.2. The van der Waals surface area contributed by atoms with Gasteiger partial charge in [-0.3, -0.25) is 0 Å². The molecule has 4 unspecified atom stereocenters. The molecule has 2 fully saturated rings. The van der Waals surface area contributed by atoms with E-state index >= 15 is 0 Å². The molecule has 1 heterocycles. The molecule has 1 aromatic rings. The maximum Gasteiger partial charge on any atom is 0.345 e. The highest BCUT2D eigenvalue weighted by molar-refractivity contribution is 7.13. The van der Waals surface area contributed by atoms with Crippen LogP contribution in [0.25, 0.3) is 0 Å². The first-order valence-corrected chi connectivity index (χ1v) is 12.3. The predicted octanol–water partition coefficient (Wildman–Crippen LogP) is 5.02. The molecule has 3 N–H and O–H groups in total. The van der Waals surface area contributed by atoms with Crippen LogP contribution in [0.4, 0.5) is 0 Å². The fraction of sp³-hybridized carbons (Fsp3) is 0.750. The highest BCUT2D eigenvalue weighted by Gasteiger charge is 2.43. The van der Waals surface area contributed by atoms with Crippen molar-refractivity contribution in [2.75, 3.05) is 0 Å². The zero-order chi connectivity index (χ0) is 21.7. The number of hydrogen-bond acceptors (Lipinski definition) is 5. The summed E-state index contributed by atoms with van der Waals surface area (Å²) in [6.45, 7) is 2.17. The fourth-order valence-corrected chi connectivity index (χ4v) is 6.60. The topological polar surface area (TPSA) is 102 Å². The summed E-state index contributed by atoms with van der Waals surface area (Å²) >= 11 is 1.32. The summed E-state index contributed by atoms with van der Waals surface area (Å²) < 4.78 is 0. The number of aryl methyl sites for hydroxylation is 1. The van der Waals surface area contributed by atoms with E-state index < -0.39 is 12.1 Å². The molecule has 0 bridgehead atoms. The van der Waals surface area contributed by atoms with E-state index in [1.165, 1.54) is 17.8 Å². The number of aliphatic hydroxyl groups is 2. The molecule has 1 aromatic heterocycles. The smallest absolute Gasteiger partial charge is 0.345 e. The van der Waals surface area contributed by atoms with Crippen molar-refractivity contribution in [3.8, 4) is 6.07 Å². The third-order valence-electron chi connectivity index (χ3n) is 7.83. The second kappa shape index (κ2) is 10.3. The van der Waals surface area contributed by atoms with Crippen LogP contribution in [0.1, 0.15) is 85.7 Å². The summed E-state index contributed by atoms with van der Waals surface area (Å²) in [4.78, 5) is 12.5. The summed E-state index contributed by atoms with van der Waals surface area (Å²) in [5.41, 5.74) is 0.123. The van der Waals surface area contributed by atoms with Crippen LogP contribution in [0.5, 0.6) is 0 Å². The van der Waals surface area contributed by atoms with Gasteiger partial charge in [-0.15, -0.1) is 11.3 Å². The summed E-state index contributed by atoms with van der Waals surface area (Å²) in [5, 5.41) is 39.9. The molecule has 0 aromatic carbocycles. The fourth-order valence-electron chi connectivity index (χ4n) is 5.71. The van der Waals surface area contributed by atoms with Gasteiger partial charge >= 0.3 is 5.97 Å². The minimum Gasteiger partial charge on any atom is -0.477 e. The Bertz CT molecular complexity index is 745. The summed E-state index contributed by atoms with van der Waals surface area (Å²) in [7, 11) is 0. The minimum absolute atomic E-state index is 0.110. The Morgan fingerprint density at radius 2 is 2.03 bits per heavy atom. The third kappa shape index (κ3) is 5.07. The normalized spacial score (nSPS) is 28.6. The van der Waals surface area contributed by atoms with Crippen molar-refractivity contribution in [3.05, 3.63) is 21.9 Å². The lowest BCUT2D eigenvalue weighted by Gasteiger charge is -2.45. The van der Waals surface area contributed by atoms with Gasteiger partial charge in [-0.1, -0.05) is 19.8 Å². The van der Waals surface area contributed by atoms with E-state index in [-0.39, 0.29) is 29.3 Å². The first-order valence-electron chi connectivity index (χ1n) is 11.5. The Morgan fingerprint density at radius 3 is 2.60 bits per heavy atom. The molecule has 2 aliphatic rings. The van der Waals surface area contributed by atoms with Gasteiger partial charge in [0.05, 0.1) is 24.2 Å². The van der Waals surface area contributed by atoms with E-state index in [1.54, 1.807) is 6.07 Å². The quantitative estimate of drug-likeness (QED) is 0.455. The maximum absolute atomic E-state index is 11.0. The summed E-state index contributed by atoms with van der Waals surface area (Å²) in [5.74, 6) is -0.686. The van der Waals surface area contributed by atoms with Crippen molar-refractivity contribution in [1.82, 2.24) is 0 Å². The van der Waals surface area contributed by atoms with Crippen LogP contribution in [0.2, 0.25) is 0 Å². The van der Waals surface area contributed by atoms with E-state index in [4.69, 9.17) is 5.11 Å². The molecule has 0 radical (unpaired) electrons. The second-order valence-electron chi connectivity index (χ2n) is 9.35. The molecule has 0 aliphatic heterocycles. The molecule has 2 aliphatic carbocycles. The van der Waals surface area contributed by atoms with Gasteiger partial charge < -0.3 is 15.3 Å². The van der Waals surface area contributed by atoms with Crippen LogP contribution in [0, 0.1) is 34.5 Å². The molecule has 30 heavy (non-hydrogen) atoms. The number of nitriles is 1. The molecular formula is C24H35NO4S. The van der Waals surface area contributed by atoms with Crippen LogP contribution in [0.15, 0.2) is 12.1 Å². The average Bonchev–Trinajstić information content (AvgIpc) is 3.27. The lowest BCUT2D eigenvalue weighted by Crippen LogP contribution is -2.40.